The number of carbonyl (C=O) groups excluding carboxylic acids is 1. The predicted octanol–water partition coefficient (Wildman–Crippen LogP) is 4.31. The molecule has 0 unspecified atom stereocenters. The fourth-order valence-corrected chi connectivity index (χ4v) is 3.27. The van der Waals surface area contributed by atoms with Crippen LogP contribution in [0.3, 0.4) is 0 Å². The summed E-state index contributed by atoms with van der Waals surface area (Å²) in [5, 5.41) is 14.7. The molecular formula is C23H20N6O2. The lowest BCUT2D eigenvalue weighted by Gasteiger charge is -2.11. The fourth-order valence-electron chi connectivity index (χ4n) is 3.27. The molecule has 0 saturated carbocycles. The summed E-state index contributed by atoms with van der Waals surface area (Å²) in [6.07, 6.45) is 5.36. The minimum absolute atomic E-state index is 0.0148. The first kappa shape index (κ1) is 19.9. The summed E-state index contributed by atoms with van der Waals surface area (Å²) in [5.41, 5.74) is 5.11. The maximum Gasteiger partial charge on any atom is 0.221 e. The molecule has 4 rings (SSSR count). The van der Waals surface area contributed by atoms with Crippen LogP contribution in [0.25, 0.3) is 16.9 Å². The summed E-state index contributed by atoms with van der Waals surface area (Å²) in [4.78, 5) is 20.3. The lowest BCUT2D eigenvalue weighted by molar-refractivity contribution is -0.114. The Balaban J connectivity index is 1.61. The average Bonchev–Trinajstić information content (AvgIpc) is 3.19. The zero-order valence-corrected chi connectivity index (χ0v) is 17.1. The van der Waals surface area contributed by atoms with Gasteiger partial charge in [-0.1, -0.05) is 0 Å². The van der Waals surface area contributed by atoms with E-state index in [-0.39, 0.29) is 12.5 Å². The van der Waals surface area contributed by atoms with E-state index in [2.05, 4.69) is 20.6 Å². The summed E-state index contributed by atoms with van der Waals surface area (Å²) in [6, 6.07) is 15.1. The molecule has 4 aromatic rings. The Hall–Kier alpha value is -4.38. The smallest absolute Gasteiger partial charge is 0.221 e. The number of nitriles is 1. The van der Waals surface area contributed by atoms with Crippen molar-refractivity contribution in [2.75, 3.05) is 17.2 Å². The minimum atomic E-state index is -0.107. The predicted molar refractivity (Wildman–Crippen MR) is 118 cm³/mol. The van der Waals surface area contributed by atoms with Crippen molar-refractivity contribution >= 4 is 28.7 Å². The van der Waals surface area contributed by atoms with Crippen LogP contribution in [-0.4, -0.2) is 26.9 Å². The van der Waals surface area contributed by atoms with Crippen LogP contribution in [0.15, 0.2) is 61.1 Å². The lowest BCUT2D eigenvalue weighted by atomic mass is 10.1. The van der Waals surface area contributed by atoms with Crippen LogP contribution >= 0.6 is 0 Å². The summed E-state index contributed by atoms with van der Waals surface area (Å²) in [6.45, 7) is 3.43. The number of nitrogens with zero attached hydrogens (tertiary/aromatic N) is 4. The third-order valence-electron chi connectivity index (χ3n) is 4.68. The number of aromatic nitrogens is 3. The number of benzene rings is 2. The van der Waals surface area contributed by atoms with Crippen molar-refractivity contribution in [2.45, 2.75) is 13.8 Å². The molecule has 0 saturated heterocycles. The highest BCUT2D eigenvalue weighted by molar-refractivity contribution is 5.90. The highest BCUT2D eigenvalue weighted by atomic mass is 16.5. The van der Waals surface area contributed by atoms with Gasteiger partial charge in [0.2, 0.25) is 5.91 Å². The van der Waals surface area contributed by atoms with E-state index in [4.69, 9.17) is 10.00 Å². The van der Waals surface area contributed by atoms with Gasteiger partial charge in [-0.05, 0) is 55.0 Å². The van der Waals surface area contributed by atoms with E-state index in [1.165, 1.54) is 6.92 Å². The molecule has 2 aromatic carbocycles. The Kier molecular flexibility index (Phi) is 5.49. The van der Waals surface area contributed by atoms with E-state index in [0.29, 0.717) is 17.2 Å². The molecule has 2 aromatic heterocycles. The lowest BCUT2D eigenvalue weighted by Crippen LogP contribution is -2.07. The molecule has 0 atom stereocenters. The Labute approximate surface area is 179 Å². The van der Waals surface area contributed by atoms with Gasteiger partial charge < -0.3 is 15.4 Å². The van der Waals surface area contributed by atoms with Crippen molar-refractivity contribution in [2.24, 2.45) is 0 Å². The number of imidazole rings is 1. The molecule has 0 radical (unpaired) electrons. The van der Waals surface area contributed by atoms with Crippen molar-refractivity contribution in [3.05, 3.63) is 66.6 Å². The maximum atomic E-state index is 11.3. The Morgan fingerprint density at radius 3 is 2.71 bits per heavy atom. The zero-order chi connectivity index (χ0) is 21.8. The van der Waals surface area contributed by atoms with Gasteiger partial charge in [0.15, 0.2) is 18.1 Å². The molecule has 1 amide bonds. The second-order valence-electron chi connectivity index (χ2n) is 6.92. The average molecular weight is 412 g/mol. The van der Waals surface area contributed by atoms with Gasteiger partial charge in [-0.15, -0.1) is 0 Å². The maximum absolute atomic E-state index is 11.3. The highest BCUT2D eigenvalue weighted by Gasteiger charge is 2.11. The van der Waals surface area contributed by atoms with Crippen LogP contribution in [0, 0.1) is 18.3 Å². The number of fused-ring (bicyclic) bond motifs is 1. The first-order valence-electron chi connectivity index (χ1n) is 9.62. The molecule has 0 bridgehead atoms. The van der Waals surface area contributed by atoms with E-state index in [1.54, 1.807) is 12.4 Å². The summed E-state index contributed by atoms with van der Waals surface area (Å²) < 4.78 is 7.27. The Morgan fingerprint density at radius 2 is 2.00 bits per heavy atom. The molecule has 8 nitrogen and oxygen atoms in total. The molecule has 0 aliphatic carbocycles. The molecular weight excluding hydrogens is 392 g/mol. The van der Waals surface area contributed by atoms with Crippen LogP contribution in [0.1, 0.15) is 12.5 Å². The fraction of sp³-hybridized carbons (Fsp3) is 0.130. The summed E-state index contributed by atoms with van der Waals surface area (Å²) in [5.74, 6) is 1.15. The molecule has 0 spiro atoms. The van der Waals surface area contributed by atoms with Gasteiger partial charge in [-0.3, -0.25) is 9.20 Å². The van der Waals surface area contributed by atoms with Gasteiger partial charge in [0.25, 0.3) is 0 Å². The highest BCUT2D eigenvalue weighted by Crippen LogP contribution is 2.28. The molecule has 2 N–H and O–H groups in total. The largest absolute Gasteiger partial charge is 0.479 e. The number of aryl methyl sites for hydroxylation is 1. The zero-order valence-electron chi connectivity index (χ0n) is 17.1. The van der Waals surface area contributed by atoms with Crippen molar-refractivity contribution in [3.63, 3.8) is 0 Å². The van der Waals surface area contributed by atoms with E-state index < -0.39 is 0 Å². The third-order valence-corrected chi connectivity index (χ3v) is 4.68. The van der Waals surface area contributed by atoms with Crippen LogP contribution in [-0.2, 0) is 4.79 Å². The molecule has 0 fully saturated rings. The topological polar surface area (TPSA) is 104 Å². The van der Waals surface area contributed by atoms with Gasteiger partial charge in [0, 0.05) is 36.3 Å². The molecule has 8 heteroatoms. The van der Waals surface area contributed by atoms with E-state index in [9.17, 15) is 4.79 Å². The molecule has 0 aliphatic heterocycles. The van der Waals surface area contributed by atoms with E-state index in [0.717, 1.165) is 28.2 Å². The number of anilines is 3. The van der Waals surface area contributed by atoms with Crippen LogP contribution in [0.5, 0.6) is 5.75 Å². The number of amides is 1. The van der Waals surface area contributed by atoms with Crippen molar-refractivity contribution in [1.29, 1.82) is 5.26 Å². The second-order valence-corrected chi connectivity index (χ2v) is 6.92. The second kappa shape index (κ2) is 8.55. The van der Waals surface area contributed by atoms with Crippen LogP contribution in [0.4, 0.5) is 17.2 Å². The number of hydrogen-bond acceptors (Lipinski definition) is 6. The number of nitrogens with one attached hydrogen (secondary N) is 2. The van der Waals surface area contributed by atoms with Crippen molar-refractivity contribution in [1.82, 2.24) is 14.4 Å². The van der Waals surface area contributed by atoms with Gasteiger partial charge >= 0.3 is 0 Å². The number of ether oxygens (including phenoxy) is 1. The van der Waals surface area contributed by atoms with Crippen LogP contribution in [0.2, 0.25) is 0 Å². The Bertz CT molecular complexity index is 1290. The van der Waals surface area contributed by atoms with Crippen molar-refractivity contribution in [3.8, 4) is 23.1 Å². The Morgan fingerprint density at radius 1 is 1.19 bits per heavy atom. The molecule has 154 valence electrons. The normalized spacial score (nSPS) is 10.5. The summed E-state index contributed by atoms with van der Waals surface area (Å²) in [7, 11) is 0. The van der Waals surface area contributed by atoms with Gasteiger partial charge in [-0.2, -0.15) is 5.26 Å². The molecule has 31 heavy (non-hydrogen) atoms. The monoisotopic (exact) mass is 412 g/mol. The van der Waals surface area contributed by atoms with Crippen molar-refractivity contribution < 1.29 is 9.53 Å². The standard InChI is InChI=1S/C23H20N6O2/c1-15-13-18(5-8-20(15)27-16(2)30)28-22-23-26-14-21(29(23)11-10-25-22)17-3-6-19(7-4-17)31-12-9-24/h3-8,10-11,13-14H,12H2,1-2H3,(H,25,28)(H,27,30). The SMILES string of the molecule is CC(=O)Nc1ccc(Nc2nccn3c(-c4ccc(OCC#N)cc4)cnc23)cc1C. The van der Waals surface area contributed by atoms with Gasteiger partial charge in [-0.25, -0.2) is 9.97 Å². The van der Waals surface area contributed by atoms with E-state index >= 15 is 0 Å². The minimum Gasteiger partial charge on any atom is -0.479 e. The quantitative estimate of drug-likeness (QED) is 0.489. The number of hydrogen-bond donors (Lipinski definition) is 2. The van der Waals surface area contributed by atoms with E-state index in [1.807, 2.05) is 66.1 Å². The van der Waals surface area contributed by atoms with Gasteiger partial charge in [0.05, 0.1) is 11.9 Å². The van der Waals surface area contributed by atoms with Crippen LogP contribution < -0.4 is 15.4 Å². The molecule has 0 aliphatic rings. The third kappa shape index (κ3) is 4.31. The first-order valence-corrected chi connectivity index (χ1v) is 9.62. The van der Waals surface area contributed by atoms with Gasteiger partial charge in [0.1, 0.15) is 11.8 Å². The summed E-state index contributed by atoms with van der Waals surface area (Å²) >= 11 is 0. The first-order chi connectivity index (χ1) is 15.0. The number of carbonyl (C=O) groups is 1. The molecule has 2 heterocycles. The number of rotatable bonds is 6.